The van der Waals surface area contributed by atoms with Crippen molar-refractivity contribution in [2.45, 2.75) is 19.8 Å². The van der Waals surface area contributed by atoms with Crippen LogP contribution in [-0.2, 0) is 0 Å². The zero-order valence-electron chi connectivity index (χ0n) is 9.87. The molecule has 0 amide bonds. The summed E-state index contributed by atoms with van der Waals surface area (Å²) in [4.78, 5) is 0. The third-order valence-electron chi connectivity index (χ3n) is 2.76. The van der Waals surface area contributed by atoms with Gasteiger partial charge in [0, 0.05) is 9.50 Å². The quantitative estimate of drug-likeness (QED) is 0.648. The molecule has 0 aromatic heterocycles. The molecule has 0 nitrogen and oxygen atoms in total. The SMILES string of the molecule is CC(C)c1cc(Br)cc(-c2ccc(Cl)cc2)c1. The molecule has 0 aliphatic rings. The third-order valence-corrected chi connectivity index (χ3v) is 3.47. The van der Waals surface area contributed by atoms with Crippen LogP contribution >= 0.6 is 27.5 Å². The summed E-state index contributed by atoms with van der Waals surface area (Å²) < 4.78 is 1.12. The van der Waals surface area contributed by atoms with E-state index in [1.807, 2.05) is 24.3 Å². The summed E-state index contributed by atoms with van der Waals surface area (Å²) >= 11 is 9.47. The fourth-order valence-electron chi connectivity index (χ4n) is 1.75. The Balaban J connectivity index is 2.48. The highest BCUT2D eigenvalue weighted by molar-refractivity contribution is 9.10. The molecule has 88 valence electrons. The van der Waals surface area contributed by atoms with E-state index in [1.165, 1.54) is 16.7 Å². The van der Waals surface area contributed by atoms with Gasteiger partial charge in [0.25, 0.3) is 0 Å². The Labute approximate surface area is 116 Å². The minimum absolute atomic E-state index is 0.526. The molecule has 0 spiro atoms. The molecular formula is C15H14BrCl. The average Bonchev–Trinajstić information content (AvgIpc) is 2.29. The van der Waals surface area contributed by atoms with Gasteiger partial charge in [0.1, 0.15) is 0 Å². The molecule has 0 N–H and O–H groups in total. The van der Waals surface area contributed by atoms with E-state index in [0.717, 1.165) is 9.50 Å². The topological polar surface area (TPSA) is 0 Å². The van der Waals surface area contributed by atoms with Crippen LogP contribution < -0.4 is 0 Å². The van der Waals surface area contributed by atoms with Crippen molar-refractivity contribution in [2.24, 2.45) is 0 Å². The Kier molecular flexibility index (Phi) is 3.90. The highest BCUT2D eigenvalue weighted by Crippen LogP contribution is 2.29. The number of hydrogen-bond donors (Lipinski definition) is 0. The van der Waals surface area contributed by atoms with Crippen molar-refractivity contribution in [1.82, 2.24) is 0 Å². The van der Waals surface area contributed by atoms with Gasteiger partial charge < -0.3 is 0 Å². The molecule has 0 aliphatic heterocycles. The van der Waals surface area contributed by atoms with Crippen LogP contribution in [0.25, 0.3) is 11.1 Å². The maximum absolute atomic E-state index is 5.90. The fraction of sp³-hybridized carbons (Fsp3) is 0.200. The van der Waals surface area contributed by atoms with Crippen LogP contribution in [0.4, 0.5) is 0 Å². The minimum atomic E-state index is 0.526. The molecular weight excluding hydrogens is 296 g/mol. The zero-order valence-corrected chi connectivity index (χ0v) is 12.2. The maximum Gasteiger partial charge on any atom is 0.0406 e. The van der Waals surface area contributed by atoms with Crippen molar-refractivity contribution < 1.29 is 0 Å². The van der Waals surface area contributed by atoms with E-state index < -0.39 is 0 Å². The molecule has 2 rings (SSSR count). The highest BCUT2D eigenvalue weighted by atomic mass is 79.9. The highest BCUT2D eigenvalue weighted by Gasteiger charge is 2.05. The van der Waals surface area contributed by atoms with E-state index in [0.29, 0.717) is 5.92 Å². The summed E-state index contributed by atoms with van der Waals surface area (Å²) in [6, 6.07) is 14.5. The molecule has 17 heavy (non-hydrogen) atoms. The third kappa shape index (κ3) is 3.11. The van der Waals surface area contributed by atoms with Crippen molar-refractivity contribution >= 4 is 27.5 Å². The normalized spacial score (nSPS) is 10.9. The van der Waals surface area contributed by atoms with E-state index in [2.05, 4.69) is 48.0 Å². The smallest absolute Gasteiger partial charge is 0.0406 e. The summed E-state index contributed by atoms with van der Waals surface area (Å²) in [7, 11) is 0. The van der Waals surface area contributed by atoms with Crippen LogP contribution in [0.15, 0.2) is 46.9 Å². The van der Waals surface area contributed by atoms with Gasteiger partial charge in [-0.25, -0.2) is 0 Å². The lowest BCUT2D eigenvalue weighted by molar-refractivity contribution is 0.866. The van der Waals surface area contributed by atoms with Gasteiger partial charge in [-0.3, -0.25) is 0 Å². The zero-order chi connectivity index (χ0) is 12.4. The number of hydrogen-bond acceptors (Lipinski definition) is 0. The maximum atomic E-state index is 5.90. The molecule has 0 unspecified atom stereocenters. The molecule has 0 heterocycles. The second kappa shape index (κ2) is 5.24. The van der Waals surface area contributed by atoms with Crippen LogP contribution in [0.2, 0.25) is 5.02 Å². The molecule has 0 fully saturated rings. The summed E-state index contributed by atoms with van der Waals surface area (Å²) in [5.74, 6) is 0.526. The van der Waals surface area contributed by atoms with E-state index in [-0.39, 0.29) is 0 Å². The van der Waals surface area contributed by atoms with E-state index >= 15 is 0 Å². The molecule has 0 atom stereocenters. The summed E-state index contributed by atoms with van der Waals surface area (Å²) in [6.07, 6.45) is 0. The van der Waals surface area contributed by atoms with Gasteiger partial charge in [-0.05, 0) is 46.9 Å². The van der Waals surface area contributed by atoms with Gasteiger partial charge in [-0.15, -0.1) is 0 Å². The predicted octanol–water partition coefficient (Wildman–Crippen LogP) is 5.89. The van der Waals surface area contributed by atoms with Crippen molar-refractivity contribution in [3.05, 3.63) is 57.5 Å². The van der Waals surface area contributed by atoms with Crippen molar-refractivity contribution in [3.8, 4) is 11.1 Å². The largest absolute Gasteiger partial charge is 0.0843 e. The number of benzene rings is 2. The predicted molar refractivity (Wildman–Crippen MR) is 78.7 cm³/mol. The number of rotatable bonds is 2. The van der Waals surface area contributed by atoms with Crippen molar-refractivity contribution in [3.63, 3.8) is 0 Å². The Bertz CT molecular complexity index is 515. The first-order valence-electron chi connectivity index (χ1n) is 5.62. The van der Waals surface area contributed by atoms with E-state index in [4.69, 9.17) is 11.6 Å². The Morgan fingerprint density at radius 2 is 1.59 bits per heavy atom. The first-order chi connectivity index (χ1) is 8.06. The molecule has 0 aliphatic carbocycles. The Morgan fingerprint density at radius 3 is 2.18 bits per heavy atom. The van der Waals surface area contributed by atoms with Gasteiger partial charge in [-0.1, -0.05) is 59.6 Å². The minimum Gasteiger partial charge on any atom is -0.0843 e. The lowest BCUT2D eigenvalue weighted by atomic mass is 9.97. The lowest BCUT2D eigenvalue weighted by Crippen LogP contribution is -1.88. The summed E-state index contributed by atoms with van der Waals surface area (Å²) in [6.45, 7) is 4.40. The first-order valence-corrected chi connectivity index (χ1v) is 6.80. The first kappa shape index (κ1) is 12.7. The monoisotopic (exact) mass is 308 g/mol. The van der Waals surface area contributed by atoms with Gasteiger partial charge in [0.15, 0.2) is 0 Å². The Hall–Kier alpha value is -0.790. The second-order valence-electron chi connectivity index (χ2n) is 4.43. The molecule has 0 saturated carbocycles. The summed E-state index contributed by atoms with van der Waals surface area (Å²) in [5.41, 5.74) is 3.75. The molecule has 2 heteroatoms. The van der Waals surface area contributed by atoms with Gasteiger partial charge in [-0.2, -0.15) is 0 Å². The molecule has 0 saturated heterocycles. The van der Waals surface area contributed by atoms with Crippen LogP contribution in [0.5, 0.6) is 0 Å². The molecule has 2 aromatic carbocycles. The molecule has 0 radical (unpaired) electrons. The van der Waals surface area contributed by atoms with Crippen LogP contribution in [-0.4, -0.2) is 0 Å². The average molecular weight is 310 g/mol. The van der Waals surface area contributed by atoms with Crippen molar-refractivity contribution in [2.75, 3.05) is 0 Å². The van der Waals surface area contributed by atoms with Gasteiger partial charge in [0.05, 0.1) is 0 Å². The standard InChI is InChI=1S/C15H14BrCl/c1-10(2)12-7-13(9-14(16)8-12)11-3-5-15(17)6-4-11/h3-10H,1-2H3. The van der Waals surface area contributed by atoms with Gasteiger partial charge in [0.2, 0.25) is 0 Å². The second-order valence-corrected chi connectivity index (χ2v) is 5.79. The van der Waals surface area contributed by atoms with Gasteiger partial charge >= 0.3 is 0 Å². The Morgan fingerprint density at radius 1 is 0.941 bits per heavy atom. The van der Waals surface area contributed by atoms with Crippen LogP contribution in [0.1, 0.15) is 25.3 Å². The molecule has 2 aromatic rings. The lowest BCUT2D eigenvalue weighted by Gasteiger charge is -2.10. The van der Waals surface area contributed by atoms with Crippen molar-refractivity contribution in [1.29, 1.82) is 0 Å². The van der Waals surface area contributed by atoms with E-state index in [9.17, 15) is 0 Å². The van der Waals surface area contributed by atoms with Crippen LogP contribution in [0.3, 0.4) is 0 Å². The number of halogens is 2. The summed E-state index contributed by atoms with van der Waals surface area (Å²) in [5, 5.41) is 0.771. The fourth-order valence-corrected chi connectivity index (χ4v) is 2.39. The van der Waals surface area contributed by atoms with Crippen LogP contribution in [0, 0.1) is 0 Å². The molecule has 0 bridgehead atoms. The van der Waals surface area contributed by atoms with E-state index in [1.54, 1.807) is 0 Å².